The molecule has 0 saturated heterocycles. The molecule has 1 atom stereocenters. The van der Waals surface area contributed by atoms with Crippen LogP contribution in [0.5, 0.6) is 0 Å². The normalized spacial score (nSPS) is 17.1. The van der Waals surface area contributed by atoms with Crippen molar-refractivity contribution in [2.45, 2.75) is 31.2 Å². The number of rotatable bonds is 3. The molecule has 0 spiro atoms. The first-order valence-corrected chi connectivity index (χ1v) is 12.1. The summed E-state index contributed by atoms with van der Waals surface area (Å²) in [5.41, 5.74) is 5.72. The summed E-state index contributed by atoms with van der Waals surface area (Å²) in [5, 5.41) is 1.78. The fourth-order valence-electron chi connectivity index (χ4n) is 4.57. The van der Waals surface area contributed by atoms with Gasteiger partial charge < -0.3 is 4.98 Å². The molecule has 5 rings (SSSR count). The monoisotopic (exact) mass is 450 g/mol. The van der Waals surface area contributed by atoms with E-state index in [1.807, 2.05) is 68.4 Å². The summed E-state index contributed by atoms with van der Waals surface area (Å²) in [4.78, 5) is 3.89. The molecule has 0 unspecified atom stereocenters. The van der Waals surface area contributed by atoms with Gasteiger partial charge in [-0.15, -0.1) is 0 Å². The molecule has 1 aliphatic rings. The Bertz CT molecular complexity index is 1390. The average Bonchev–Trinajstić information content (AvgIpc) is 3.14. The highest BCUT2D eigenvalue weighted by Gasteiger charge is 2.39. The van der Waals surface area contributed by atoms with E-state index in [-0.39, 0.29) is 0 Å². The summed E-state index contributed by atoms with van der Waals surface area (Å²) in [7, 11) is -3.72. The molecule has 31 heavy (non-hydrogen) atoms. The Hall–Kier alpha value is -2.60. The van der Waals surface area contributed by atoms with Gasteiger partial charge in [-0.25, -0.2) is 8.42 Å². The predicted molar refractivity (Wildman–Crippen MR) is 125 cm³/mol. The molecule has 0 fully saturated rings. The van der Waals surface area contributed by atoms with Gasteiger partial charge in [-0.3, -0.25) is 0 Å². The van der Waals surface area contributed by atoms with Crippen LogP contribution in [0.3, 0.4) is 0 Å². The molecule has 4 aromatic rings. The fourth-order valence-corrected chi connectivity index (χ4v) is 6.59. The van der Waals surface area contributed by atoms with E-state index in [4.69, 9.17) is 11.6 Å². The number of para-hydroxylation sites is 1. The first-order chi connectivity index (χ1) is 14.9. The van der Waals surface area contributed by atoms with E-state index in [1.54, 1.807) is 10.4 Å². The van der Waals surface area contributed by atoms with Crippen molar-refractivity contribution in [2.75, 3.05) is 6.54 Å². The van der Waals surface area contributed by atoms with Crippen molar-refractivity contribution in [3.63, 3.8) is 0 Å². The molecule has 0 bridgehead atoms. The van der Waals surface area contributed by atoms with Crippen LogP contribution in [0.1, 0.15) is 34.0 Å². The minimum absolute atomic E-state index is 0.367. The second-order valence-corrected chi connectivity index (χ2v) is 10.4. The van der Waals surface area contributed by atoms with Crippen LogP contribution in [0.2, 0.25) is 5.02 Å². The number of H-pyrrole nitrogens is 1. The number of aromatic amines is 1. The Labute approximate surface area is 187 Å². The fraction of sp³-hybridized carbons (Fsp3) is 0.200. The van der Waals surface area contributed by atoms with Crippen molar-refractivity contribution < 1.29 is 8.42 Å². The van der Waals surface area contributed by atoms with E-state index in [2.05, 4.69) is 11.1 Å². The van der Waals surface area contributed by atoms with E-state index in [0.717, 1.165) is 33.3 Å². The van der Waals surface area contributed by atoms with Crippen LogP contribution in [0, 0.1) is 13.8 Å². The smallest absolute Gasteiger partial charge is 0.244 e. The zero-order chi connectivity index (χ0) is 21.8. The molecule has 1 aromatic heterocycles. The number of nitrogens with one attached hydrogen (secondary N) is 1. The molecule has 0 saturated carbocycles. The number of aromatic nitrogens is 1. The predicted octanol–water partition coefficient (Wildman–Crippen LogP) is 5.77. The van der Waals surface area contributed by atoms with Crippen LogP contribution < -0.4 is 0 Å². The summed E-state index contributed by atoms with van der Waals surface area (Å²) in [6.45, 7) is 4.18. The number of nitrogens with zero attached hydrogens (tertiary/aromatic N) is 1. The lowest BCUT2D eigenvalue weighted by Crippen LogP contribution is -2.40. The van der Waals surface area contributed by atoms with Gasteiger partial charge in [0, 0.05) is 28.2 Å². The largest absolute Gasteiger partial charge is 0.357 e. The van der Waals surface area contributed by atoms with Gasteiger partial charge >= 0.3 is 0 Å². The van der Waals surface area contributed by atoms with Gasteiger partial charge in [0.1, 0.15) is 0 Å². The highest BCUT2D eigenvalue weighted by molar-refractivity contribution is 7.89. The van der Waals surface area contributed by atoms with Gasteiger partial charge in [-0.1, -0.05) is 54.1 Å². The Morgan fingerprint density at radius 1 is 1.00 bits per heavy atom. The van der Waals surface area contributed by atoms with E-state index >= 15 is 0 Å². The molecule has 0 radical (unpaired) electrons. The third kappa shape index (κ3) is 3.37. The van der Waals surface area contributed by atoms with Crippen molar-refractivity contribution in [3.05, 3.63) is 99.7 Å². The maximum Gasteiger partial charge on any atom is 0.244 e. The van der Waals surface area contributed by atoms with Crippen LogP contribution in [0.4, 0.5) is 0 Å². The van der Waals surface area contributed by atoms with Gasteiger partial charge in [0.05, 0.1) is 10.9 Å². The van der Waals surface area contributed by atoms with Crippen LogP contribution in [-0.2, 0) is 16.4 Å². The average molecular weight is 451 g/mol. The number of sulfonamides is 1. The number of benzene rings is 3. The van der Waals surface area contributed by atoms with Crippen LogP contribution in [-0.4, -0.2) is 24.3 Å². The molecular formula is C25H23ClN2O2S. The zero-order valence-electron chi connectivity index (χ0n) is 17.4. The van der Waals surface area contributed by atoms with E-state index in [1.165, 1.54) is 5.56 Å². The highest BCUT2D eigenvalue weighted by Crippen LogP contribution is 2.41. The van der Waals surface area contributed by atoms with Crippen molar-refractivity contribution in [1.29, 1.82) is 0 Å². The van der Waals surface area contributed by atoms with Gasteiger partial charge in [0.15, 0.2) is 0 Å². The number of aryl methyl sites for hydroxylation is 2. The number of hydrogen-bond donors (Lipinski definition) is 1. The molecular weight excluding hydrogens is 428 g/mol. The molecule has 6 heteroatoms. The van der Waals surface area contributed by atoms with Gasteiger partial charge in [-0.05, 0) is 66.8 Å². The molecule has 1 aliphatic heterocycles. The Morgan fingerprint density at radius 3 is 2.52 bits per heavy atom. The molecule has 2 heterocycles. The Balaban J connectivity index is 1.73. The third-order valence-electron chi connectivity index (χ3n) is 6.11. The summed E-state index contributed by atoms with van der Waals surface area (Å²) in [6, 6.07) is 20.7. The van der Waals surface area contributed by atoms with Crippen LogP contribution in [0.15, 0.2) is 71.6 Å². The third-order valence-corrected chi connectivity index (χ3v) is 8.36. The Morgan fingerprint density at radius 2 is 1.74 bits per heavy atom. The minimum atomic E-state index is -3.72. The topological polar surface area (TPSA) is 53.2 Å². The summed E-state index contributed by atoms with van der Waals surface area (Å²) >= 11 is 6.14. The SMILES string of the molecule is Cc1ccc(C)c(S(=O)(=O)N2CCc3c([nH]c4ccccc34)[C@H]2c2ccc(Cl)cc2)c1. The van der Waals surface area contributed by atoms with Crippen LogP contribution >= 0.6 is 11.6 Å². The van der Waals surface area contributed by atoms with Crippen molar-refractivity contribution in [1.82, 2.24) is 9.29 Å². The second kappa shape index (κ2) is 7.52. The first-order valence-electron chi connectivity index (χ1n) is 10.3. The lowest BCUT2D eigenvalue weighted by atomic mass is 9.94. The van der Waals surface area contributed by atoms with Gasteiger partial charge in [0.25, 0.3) is 0 Å². The second-order valence-electron chi connectivity index (χ2n) is 8.15. The van der Waals surface area contributed by atoms with Crippen molar-refractivity contribution in [3.8, 4) is 0 Å². The maximum absolute atomic E-state index is 13.9. The number of fused-ring (bicyclic) bond motifs is 3. The molecule has 4 nitrogen and oxygen atoms in total. The summed E-state index contributed by atoms with van der Waals surface area (Å²) in [6.07, 6.45) is 0.660. The lowest BCUT2D eigenvalue weighted by Gasteiger charge is -2.35. The van der Waals surface area contributed by atoms with Gasteiger partial charge in [-0.2, -0.15) is 4.31 Å². The molecule has 3 aromatic carbocycles. The standard InChI is InChI=1S/C25H23ClN2O2S/c1-16-7-8-17(2)23(15-16)31(29,30)28-14-13-21-20-5-3-4-6-22(20)27-24(21)25(28)18-9-11-19(26)12-10-18/h3-12,15,25,27H,13-14H2,1-2H3/t25-/m1/s1. The minimum Gasteiger partial charge on any atom is -0.357 e. The molecule has 0 aliphatic carbocycles. The molecule has 158 valence electrons. The number of halogens is 1. The van der Waals surface area contributed by atoms with E-state index in [9.17, 15) is 8.42 Å². The van der Waals surface area contributed by atoms with Crippen LogP contribution in [0.25, 0.3) is 10.9 Å². The first kappa shape index (κ1) is 20.3. The Kier molecular flexibility index (Phi) is 4.93. The number of hydrogen-bond acceptors (Lipinski definition) is 2. The quantitative estimate of drug-likeness (QED) is 0.430. The molecule has 0 amide bonds. The summed E-state index contributed by atoms with van der Waals surface area (Å²) in [5.74, 6) is 0. The maximum atomic E-state index is 13.9. The van der Waals surface area contributed by atoms with Crippen molar-refractivity contribution in [2.24, 2.45) is 0 Å². The van der Waals surface area contributed by atoms with E-state index in [0.29, 0.717) is 22.9 Å². The molecule has 1 N–H and O–H groups in total. The lowest BCUT2D eigenvalue weighted by molar-refractivity contribution is 0.340. The summed E-state index contributed by atoms with van der Waals surface area (Å²) < 4.78 is 29.5. The van der Waals surface area contributed by atoms with E-state index < -0.39 is 16.1 Å². The highest BCUT2D eigenvalue weighted by atomic mass is 35.5. The van der Waals surface area contributed by atoms with Gasteiger partial charge in [0.2, 0.25) is 10.0 Å². The zero-order valence-corrected chi connectivity index (χ0v) is 19.0. The van der Waals surface area contributed by atoms with Crippen molar-refractivity contribution >= 4 is 32.5 Å².